The van der Waals surface area contributed by atoms with Crippen LogP contribution in [0.15, 0.2) is 11.4 Å². The van der Waals surface area contributed by atoms with Crippen molar-refractivity contribution in [2.24, 2.45) is 0 Å². The lowest BCUT2D eigenvalue weighted by Crippen LogP contribution is -2.46. The van der Waals surface area contributed by atoms with Gasteiger partial charge >= 0.3 is 0 Å². The van der Waals surface area contributed by atoms with Crippen LogP contribution in [0, 0.1) is 6.92 Å². The summed E-state index contributed by atoms with van der Waals surface area (Å²) < 4.78 is 5.68. The summed E-state index contributed by atoms with van der Waals surface area (Å²) in [4.78, 5) is 1.48. The molecular weight excluding hydrogens is 244 g/mol. The fourth-order valence-corrected chi connectivity index (χ4v) is 3.50. The maximum atomic E-state index is 5.68. The predicted octanol–water partition coefficient (Wildman–Crippen LogP) is 1.91. The lowest BCUT2D eigenvalue weighted by atomic mass is 9.89. The fourth-order valence-electron chi connectivity index (χ4n) is 2.44. The molecule has 0 radical (unpaired) electrons. The van der Waals surface area contributed by atoms with Crippen LogP contribution in [0.4, 0.5) is 0 Å². The highest BCUT2D eigenvalue weighted by atomic mass is 32.1. The van der Waals surface area contributed by atoms with Gasteiger partial charge in [0.05, 0.1) is 12.7 Å². The van der Waals surface area contributed by atoms with Crippen molar-refractivity contribution in [2.45, 2.75) is 32.3 Å². The third kappa shape index (κ3) is 3.54. The quantitative estimate of drug-likeness (QED) is 0.856. The second-order valence-electron chi connectivity index (χ2n) is 5.64. The van der Waals surface area contributed by atoms with Crippen LogP contribution in [0.25, 0.3) is 0 Å². The molecule has 2 rings (SSSR count). The highest BCUT2D eigenvalue weighted by Gasteiger charge is 2.24. The number of hydrogen-bond donors (Lipinski definition) is 2. The van der Waals surface area contributed by atoms with Gasteiger partial charge in [-0.25, -0.2) is 0 Å². The third-order valence-corrected chi connectivity index (χ3v) is 4.80. The summed E-state index contributed by atoms with van der Waals surface area (Å²) in [6, 6.07) is 2.20. The highest BCUT2D eigenvalue weighted by Crippen LogP contribution is 2.30. The summed E-state index contributed by atoms with van der Waals surface area (Å²) in [6.45, 7) is 11.5. The van der Waals surface area contributed by atoms with Gasteiger partial charge in [0.15, 0.2) is 0 Å². The Kier molecular flexibility index (Phi) is 4.78. The van der Waals surface area contributed by atoms with Crippen LogP contribution in [-0.4, -0.2) is 38.9 Å². The minimum Gasteiger partial charge on any atom is -0.374 e. The van der Waals surface area contributed by atoms with Crippen molar-refractivity contribution < 1.29 is 4.74 Å². The Morgan fingerprint density at radius 2 is 2.39 bits per heavy atom. The number of morpholine rings is 1. The Bertz CT molecular complexity index is 370. The number of nitrogens with one attached hydrogen (secondary N) is 2. The molecule has 1 saturated heterocycles. The lowest BCUT2D eigenvalue weighted by Gasteiger charge is -2.28. The first-order chi connectivity index (χ1) is 8.59. The summed E-state index contributed by atoms with van der Waals surface area (Å²) >= 11 is 1.86. The zero-order valence-corrected chi connectivity index (χ0v) is 12.4. The summed E-state index contributed by atoms with van der Waals surface area (Å²) in [5.41, 5.74) is 1.60. The van der Waals surface area contributed by atoms with Crippen LogP contribution in [0.1, 0.15) is 24.3 Å². The molecule has 1 aromatic heterocycles. The van der Waals surface area contributed by atoms with Gasteiger partial charge in [-0.1, -0.05) is 13.8 Å². The van der Waals surface area contributed by atoms with Crippen molar-refractivity contribution in [3.8, 4) is 0 Å². The first kappa shape index (κ1) is 14.0. The van der Waals surface area contributed by atoms with Gasteiger partial charge < -0.3 is 15.4 Å². The first-order valence-electron chi connectivity index (χ1n) is 6.67. The average molecular weight is 268 g/mol. The first-order valence-corrected chi connectivity index (χ1v) is 7.55. The molecule has 1 aliphatic heterocycles. The van der Waals surface area contributed by atoms with Crippen molar-refractivity contribution in [1.82, 2.24) is 10.6 Å². The van der Waals surface area contributed by atoms with Crippen LogP contribution >= 0.6 is 11.3 Å². The topological polar surface area (TPSA) is 33.3 Å². The molecule has 2 heterocycles. The van der Waals surface area contributed by atoms with E-state index < -0.39 is 0 Å². The standard InChI is InChI=1S/C14H24N2OS/c1-11-4-7-18-13(11)14(2,3)10-16-9-12-8-15-5-6-17-12/h4,7,12,15-16H,5-6,8-10H2,1-3H3. The molecule has 3 nitrogen and oxygen atoms in total. The summed E-state index contributed by atoms with van der Waals surface area (Å²) in [5.74, 6) is 0. The van der Waals surface area contributed by atoms with E-state index in [9.17, 15) is 0 Å². The second-order valence-corrected chi connectivity index (χ2v) is 6.56. The number of ether oxygens (including phenoxy) is 1. The van der Waals surface area contributed by atoms with Gasteiger partial charge in [-0.2, -0.15) is 0 Å². The van der Waals surface area contributed by atoms with E-state index in [1.165, 1.54) is 10.4 Å². The molecule has 0 bridgehead atoms. The summed E-state index contributed by atoms with van der Waals surface area (Å²) in [7, 11) is 0. The molecule has 0 aromatic carbocycles. The van der Waals surface area contributed by atoms with Gasteiger partial charge in [0, 0.05) is 36.5 Å². The van der Waals surface area contributed by atoms with Crippen LogP contribution in [-0.2, 0) is 10.2 Å². The number of rotatable bonds is 5. The molecule has 1 atom stereocenters. The predicted molar refractivity (Wildman–Crippen MR) is 77.6 cm³/mol. The minimum absolute atomic E-state index is 0.195. The Hall–Kier alpha value is -0.420. The van der Waals surface area contributed by atoms with E-state index in [1.807, 2.05) is 11.3 Å². The van der Waals surface area contributed by atoms with E-state index in [0.717, 1.165) is 32.8 Å². The molecular formula is C14H24N2OS. The highest BCUT2D eigenvalue weighted by molar-refractivity contribution is 7.10. The van der Waals surface area contributed by atoms with Gasteiger partial charge in [-0.15, -0.1) is 11.3 Å². The van der Waals surface area contributed by atoms with E-state index in [0.29, 0.717) is 6.10 Å². The van der Waals surface area contributed by atoms with Crippen molar-refractivity contribution in [1.29, 1.82) is 0 Å². The molecule has 1 aromatic rings. The Balaban J connectivity index is 1.80. The van der Waals surface area contributed by atoms with Gasteiger partial charge in [0.1, 0.15) is 0 Å². The van der Waals surface area contributed by atoms with Gasteiger partial charge in [0.2, 0.25) is 0 Å². The van der Waals surface area contributed by atoms with Gasteiger partial charge in [-0.3, -0.25) is 0 Å². The number of thiophene rings is 1. The molecule has 0 spiro atoms. The number of aryl methyl sites for hydroxylation is 1. The Morgan fingerprint density at radius 3 is 3.00 bits per heavy atom. The normalized spacial score (nSPS) is 21.2. The second kappa shape index (κ2) is 6.15. The van der Waals surface area contributed by atoms with E-state index in [4.69, 9.17) is 4.74 Å². The van der Waals surface area contributed by atoms with Crippen molar-refractivity contribution in [2.75, 3.05) is 32.8 Å². The van der Waals surface area contributed by atoms with E-state index in [-0.39, 0.29) is 5.41 Å². The zero-order chi connectivity index (χ0) is 13.0. The maximum absolute atomic E-state index is 5.68. The largest absolute Gasteiger partial charge is 0.374 e. The van der Waals surface area contributed by atoms with E-state index in [2.05, 4.69) is 42.9 Å². The molecule has 102 valence electrons. The molecule has 18 heavy (non-hydrogen) atoms. The zero-order valence-electron chi connectivity index (χ0n) is 11.6. The monoisotopic (exact) mass is 268 g/mol. The maximum Gasteiger partial charge on any atom is 0.0824 e. The lowest BCUT2D eigenvalue weighted by molar-refractivity contribution is 0.0287. The Morgan fingerprint density at radius 1 is 1.56 bits per heavy atom. The van der Waals surface area contributed by atoms with Crippen LogP contribution in [0.5, 0.6) is 0 Å². The van der Waals surface area contributed by atoms with Crippen molar-refractivity contribution in [3.05, 3.63) is 21.9 Å². The molecule has 4 heteroatoms. The molecule has 2 N–H and O–H groups in total. The molecule has 1 unspecified atom stereocenters. The van der Waals surface area contributed by atoms with Crippen LogP contribution in [0.2, 0.25) is 0 Å². The summed E-state index contributed by atoms with van der Waals surface area (Å²) in [5, 5.41) is 9.09. The number of hydrogen-bond acceptors (Lipinski definition) is 4. The average Bonchev–Trinajstić information content (AvgIpc) is 2.77. The molecule has 1 aliphatic rings. The molecule has 1 fully saturated rings. The Labute approximate surface area is 114 Å². The smallest absolute Gasteiger partial charge is 0.0824 e. The van der Waals surface area contributed by atoms with Crippen molar-refractivity contribution in [3.63, 3.8) is 0 Å². The van der Waals surface area contributed by atoms with E-state index >= 15 is 0 Å². The summed E-state index contributed by atoms with van der Waals surface area (Å²) in [6.07, 6.45) is 0.319. The fraction of sp³-hybridized carbons (Fsp3) is 0.714. The van der Waals surface area contributed by atoms with E-state index in [1.54, 1.807) is 0 Å². The minimum atomic E-state index is 0.195. The van der Waals surface area contributed by atoms with Crippen LogP contribution in [0.3, 0.4) is 0 Å². The SMILES string of the molecule is Cc1ccsc1C(C)(C)CNCC1CNCCO1. The van der Waals surface area contributed by atoms with Gasteiger partial charge in [0.25, 0.3) is 0 Å². The van der Waals surface area contributed by atoms with Crippen molar-refractivity contribution >= 4 is 11.3 Å². The third-order valence-electron chi connectivity index (χ3n) is 3.42. The molecule has 0 amide bonds. The molecule has 0 saturated carbocycles. The van der Waals surface area contributed by atoms with Crippen LogP contribution < -0.4 is 10.6 Å². The molecule has 0 aliphatic carbocycles. The van der Waals surface area contributed by atoms with Gasteiger partial charge in [-0.05, 0) is 23.9 Å².